The zero-order valence-corrected chi connectivity index (χ0v) is 16.2. The van der Waals surface area contributed by atoms with Gasteiger partial charge in [-0.1, -0.05) is 24.6 Å². The van der Waals surface area contributed by atoms with E-state index in [2.05, 4.69) is 5.32 Å². The van der Waals surface area contributed by atoms with Gasteiger partial charge >= 0.3 is 0 Å². The molecule has 0 atom stereocenters. The van der Waals surface area contributed by atoms with Crippen LogP contribution in [0.3, 0.4) is 0 Å². The number of benzene rings is 2. The van der Waals surface area contributed by atoms with Gasteiger partial charge in [0.2, 0.25) is 5.91 Å². The molecule has 0 aliphatic carbocycles. The molecule has 8 heteroatoms. The largest absolute Gasteiger partial charge is 0.497 e. The summed E-state index contributed by atoms with van der Waals surface area (Å²) in [6, 6.07) is 12.4. The number of halogens is 1. The molecule has 0 saturated carbocycles. The Kier molecular flexibility index (Phi) is 6.88. The van der Waals surface area contributed by atoms with Gasteiger partial charge in [0, 0.05) is 11.6 Å². The minimum absolute atomic E-state index is 0.0570. The number of methoxy groups -OCH3 is 1. The van der Waals surface area contributed by atoms with Crippen molar-refractivity contribution in [2.45, 2.75) is 18.2 Å². The van der Waals surface area contributed by atoms with Gasteiger partial charge in [-0.05, 0) is 48.9 Å². The predicted molar refractivity (Wildman–Crippen MR) is 102 cm³/mol. The first-order valence-corrected chi connectivity index (χ1v) is 9.89. The Morgan fingerprint density at radius 3 is 2.46 bits per heavy atom. The number of rotatable bonds is 8. The van der Waals surface area contributed by atoms with Crippen molar-refractivity contribution in [1.82, 2.24) is 5.32 Å². The molecule has 0 aromatic heterocycles. The molecule has 0 spiro atoms. The van der Waals surface area contributed by atoms with Gasteiger partial charge < -0.3 is 10.1 Å². The summed E-state index contributed by atoms with van der Waals surface area (Å²) in [7, 11) is -2.46. The lowest BCUT2D eigenvalue weighted by Crippen LogP contribution is -2.41. The van der Waals surface area contributed by atoms with E-state index in [4.69, 9.17) is 16.3 Å². The molecule has 0 unspecified atom stereocenters. The number of hydrogen-bond acceptors (Lipinski definition) is 4. The molecule has 140 valence electrons. The van der Waals surface area contributed by atoms with Crippen molar-refractivity contribution in [1.29, 1.82) is 0 Å². The number of carbonyl (C=O) groups is 1. The highest BCUT2D eigenvalue weighted by Crippen LogP contribution is 2.27. The maximum Gasteiger partial charge on any atom is 0.264 e. The van der Waals surface area contributed by atoms with E-state index in [0.29, 0.717) is 23.0 Å². The van der Waals surface area contributed by atoms with Crippen molar-refractivity contribution in [3.63, 3.8) is 0 Å². The fourth-order valence-corrected chi connectivity index (χ4v) is 3.87. The molecule has 26 heavy (non-hydrogen) atoms. The summed E-state index contributed by atoms with van der Waals surface area (Å²) in [5.74, 6) is 0.155. The molecule has 0 aliphatic rings. The molecule has 2 rings (SSSR count). The number of sulfonamides is 1. The number of amides is 1. The topological polar surface area (TPSA) is 75.7 Å². The number of ether oxygens (including phenoxy) is 1. The second-order valence-corrected chi connectivity index (χ2v) is 7.82. The van der Waals surface area contributed by atoms with Crippen molar-refractivity contribution in [2.75, 3.05) is 24.5 Å². The summed E-state index contributed by atoms with van der Waals surface area (Å²) in [5.41, 5.74) is 0.319. The first-order chi connectivity index (χ1) is 12.4. The van der Waals surface area contributed by atoms with E-state index < -0.39 is 10.0 Å². The van der Waals surface area contributed by atoms with Gasteiger partial charge in [-0.3, -0.25) is 9.10 Å². The third-order valence-corrected chi connectivity index (χ3v) is 5.63. The number of hydrogen-bond donors (Lipinski definition) is 1. The molecule has 0 saturated heterocycles. The Morgan fingerprint density at radius 2 is 1.88 bits per heavy atom. The molecular weight excluding hydrogens is 376 g/mol. The number of nitrogens with one attached hydrogen (secondary N) is 1. The summed E-state index contributed by atoms with van der Waals surface area (Å²) in [6.45, 7) is 2.06. The fourth-order valence-electron chi connectivity index (χ4n) is 2.27. The van der Waals surface area contributed by atoms with Crippen LogP contribution in [0, 0.1) is 0 Å². The summed E-state index contributed by atoms with van der Waals surface area (Å²) in [5, 5.41) is 3.07. The predicted octanol–water partition coefficient (Wildman–Crippen LogP) is 3.07. The molecule has 1 amide bonds. The molecule has 2 aromatic carbocycles. The van der Waals surface area contributed by atoms with Gasteiger partial charge in [0.15, 0.2) is 0 Å². The van der Waals surface area contributed by atoms with E-state index in [1.165, 1.54) is 25.3 Å². The summed E-state index contributed by atoms with van der Waals surface area (Å²) >= 11 is 6.01. The molecule has 6 nitrogen and oxygen atoms in total. The first-order valence-electron chi connectivity index (χ1n) is 8.07. The van der Waals surface area contributed by atoms with E-state index in [1.807, 2.05) is 6.92 Å². The zero-order valence-electron chi connectivity index (χ0n) is 14.6. The molecule has 2 aromatic rings. The highest BCUT2D eigenvalue weighted by molar-refractivity contribution is 7.92. The van der Waals surface area contributed by atoms with E-state index in [1.54, 1.807) is 30.3 Å². The summed E-state index contributed by atoms with van der Waals surface area (Å²) in [4.78, 5) is 12.2. The van der Waals surface area contributed by atoms with E-state index >= 15 is 0 Å². The molecule has 0 fully saturated rings. The van der Waals surface area contributed by atoms with Crippen LogP contribution in [0.2, 0.25) is 5.02 Å². The maximum absolute atomic E-state index is 13.1. The normalized spacial score (nSPS) is 11.0. The Balaban J connectivity index is 2.42. The van der Waals surface area contributed by atoms with E-state index in [-0.39, 0.29) is 17.3 Å². The van der Waals surface area contributed by atoms with Crippen molar-refractivity contribution >= 4 is 33.2 Å². The minimum Gasteiger partial charge on any atom is -0.497 e. The molecule has 1 N–H and O–H groups in total. The number of anilines is 1. The van der Waals surface area contributed by atoms with Crippen molar-refractivity contribution in [3.8, 4) is 5.75 Å². The first kappa shape index (κ1) is 20.1. The third kappa shape index (κ3) is 4.89. The van der Waals surface area contributed by atoms with Crippen LogP contribution in [0.5, 0.6) is 5.75 Å². The van der Waals surface area contributed by atoms with Crippen molar-refractivity contribution < 1.29 is 17.9 Å². The van der Waals surface area contributed by atoms with Gasteiger partial charge in [0.1, 0.15) is 12.3 Å². The Hall–Kier alpha value is -2.25. The average Bonchev–Trinajstić information content (AvgIpc) is 2.64. The van der Waals surface area contributed by atoms with Crippen LogP contribution in [-0.4, -0.2) is 34.5 Å². The van der Waals surface area contributed by atoms with Crippen LogP contribution in [0.1, 0.15) is 13.3 Å². The SMILES string of the molecule is CCCNC(=O)CN(c1cccc(Cl)c1)S(=O)(=O)c1ccc(OC)cc1. The van der Waals surface area contributed by atoms with Gasteiger partial charge in [-0.2, -0.15) is 0 Å². The third-order valence-electron chi connectivity index (χ3n) is 3.60. The lowest BCUT2D eigenvalue weighted by Gasteiger charge is -2.24. The lowest BCUT2D eigenvalue weighted by molar-refractivity contribution is -0.119. The van der Waals surface area contributed by atoms with Crippen LogP contribution in [-0.2, 0) is 14.8 Å². The Morgan fingerprint density at radius 1 is 1.19 bits per heavy atom. The smallest absolute Gasteiger partial charge is 0.264 e. The summed E-state index contributed by atoms with van der Waals surface area (Å²) < 4.78 is 32.3. The molecule has 0 bridgehead atoms. The van der Waals surface area contributed by atoms with Crippen molar-refractivity contribution in [3.05, 3.63) is 53.6 Å². The van der Waals surface area contributed by atoms with Crippen molar-refractivity contribution in [2.24, 2.45) is 0 Å². The standard InChI is InChI=1S/C18H21ClN2O4S/c1-3-11-20-18(22)13-21(15-6-4-5-14(19)12-15)26(23,24)17-9-7-16(25-2)8-10-17/h4-10,12H,3,11,13H2,1-2H3,(H,20,22). The summed E-state index contributed by atoms with van der Waals surface area (Å²) in [6.07, 6.45) is 0.758. The fraction of sp³-hybridized carbons (Fsp3) is 0.278. The Bertz CT molecular complexity index is 854. The number of carbonyl (C=O) groups excluding carboxylic acids is 1. The monoisotopic (exact) mass is 396 g/mol. The second kappa shape index (κ2) is 8.91. The second-order valence-electron chi connectivity index (χ2n) is 5.52. The van der Waals surface area contributed by atoms with E-state index in [0.717, 1.165) is 10.7 Å². The lowest BCUT2D eigenvalue weighted by atomic mass is 10.3. The van der Waals surface area contributed by atoms with Gasteiger partial charge in [0.05, 0.1) is 17.7 Å². The van der Waals surface area contributed by atoms with E-state index in [9.17, 15) is 13.2 Å². The molecule has 0 radical (unpaired) electrons. The quantitative estimate of drug-likeness (QED) is 0.744. The van der Waals surface area contributed by atoms with Gasteiger partial charge in [0.25, 0.3) is 10.0 Å². The van der Waals surface area contributed by atoms with Crippen LogP contribution in [0.15, 0.2) is 53.4 Å². The molecule has 0 heterocycles. The highest BCUT2D eigenvalue weighted by atomic mass is 35.5. The molecule has 0 aliphatic heterocycles. The van der Waals surface area contributed by atoms with Gasteiger partial charge in [-0.25, -0.2) is 8.42 Å². The van der Waals surface area contributed by atoms with Crippen LogP contribution >= 0.6 is 11.6 Å². The molecular formula is C18H21ClN2O4S. The van der Waals surface area contributed by atoms with Gasteiger partial charge in [-0.15, -0.1) is 0 Å². The van der Waals surface area contributed by atoms with Crippen LogP contribution in [0.25, 0.3) is 0 Å². The zero-order chi connectivity index (χ0) is 19.2. The maximum atomic E-state index is 13.1. The van der Waals surface area contributed by atoms with Crippen LogP contribution < -0.4 is 14.4 Å². The minimum atomic E-state index is -3.96. The van der Waals surface area contributed by atoms with Crippen LogP contribution in [0.4, 0.5) is 5.69 Å². The average molecular weight is 397 g/mol. The highest BCUT2D eigenvalue weighted by Gasteiger charge is 2.27. The number of nitrogens with zero attached hydrogens (tertiary/aromatic N) is 1. The Labute approximate surface area is 158 Å².